The van der Waals surface area contributed by atoms with Crippen LogP contribution in [-0.4, -0.2) is 11.7 Å². The number of para-hydroxylation sites is 1. The van der Waals surface area contributed by atoms with Gasteiger partial charge < -0.3 is 10.4 Å². The van der Waals surface area contributed by atoms with E-state index < -0.39 is 0 Å². The van der Waals surface area contributed by atoms with E-state index >= 15 is 0 Å². The molecule has 0 radical (unpaired) electrons. The number of unbranched alkanes of at least 4 members (excludes halogenated alkanes) is 3. The summed E-state index contributed by atoms with van der Waals surface area (Å²) in [5, 5.41) is 13.5. The Morgan fingerprint density at radius 1 is 1.16 bits per heavy atom. The molecule has 0 fully saturated rings. The summed E-state index contributed by atoms with van der Waals surface area (Å²) in [6.45, 7) is 6.23. The second kappa shape index (κ2) is 9.22. The number of benzene rings is 1. The van der Waals surface area contributed by atoms with Crippen molar-refractivity contribution in [3.63, 3.8) is 0 Å². The number of phenolic OH excluding ortho intramolecular Hbond substituents is 1. The van der Waals surface area contributed by atoms with Gasteiger partial charge in [-0.3, -0.25) is 0 Å². The summed E-state index contributed by atoms with van der Waals surface area (Å²) in [6, 6.07) is 5.47. The van der Waals surface area contributed by atoms with E-state index in [1.54, 1.807) is 6.07 Å². The smallest absolute Gasteiger partial charge is 0.138 e. The van der Waals surface area contributed by atoms with E-state index in [1.807, 2.05) is 12.1 Å². The van der Waals surface area contributed by atoms with Crippen LogP contribution in [0.1, 0.15) is 51.5 Å². The third-order valence-electron chi connectivity index (χ3n) is 3.27. The fraction of sp³-hybridized carbons (Fsp3) is 0.625. The van der Waals surface area contributed by atoms with Crippen LogP contribution in [0.15, 0.2) is 18.2 Å². The Balaban J connectivity index is 2.06. The molecule has 0 bridgehead atoms. The number of aromatic hydroxyl groups is 1. The molecule has 0 atom stereocenters. The number of hydrogen-bond donors (Lipinski definition) is 2. The summed E-state index contributed by atoms with van der Waals surface area (Å²) in [7, 11) is 0. The fourth-order valence-electron chi connectivity index (χ4n) is 2.08. The van der Waals surface area contributed by atoms with Crippen LogP contribution in [-0.2, 0) is 6.54 Å². The Labute approximate surface area is 122 Å². The van der Waals surface area contributed by atoms with Crippen molar-refractivity contribution in [1.29, 1.82) is 0 Å². The lowest BCUT2D eigenvalue weighted by atomic mass is 10.0. The number of halogens is 1. The molecule has 108 valence electrons. The highest BCUT2D eigenvalue weighted by Gasteiger charge is 2.03. The normalized spacial score (nSPS) is 11.2. The van der Waals surface area contributed by atoms with Crippen molar-refractivity contribution in [2.45, 2.75) is 52.5 Å². The van der Waals surface area contributed by atoms with Crippen LogP contribution in [0.3, 0.4) is 0 Å². The zero-order chi connectivity index (χ0) is 14.1. The molecule has 0 unspecified atom stereocenters. The van der Waals surface area contributed by atoms with Gasteiger partial charge in [0.2, 0.25) is 0 Å². The maximum atomic E-state index is 9.75. The molecule has 0 aromatic heterocycles. The first-order valence-corrected chi connectivity index (χ1v) is 7.66. The van der Waals surface area contributed by atoms with Crippen LogP contribution in [0, 0.1) is 5.92 Å². The third kappa shape index (κ3) is 6.84. The molecular weight excluding hydrogens is 258 g/mol. The van der Waals surface area contributed by atoms with Gasteiger partial charge in [0.25, 0.3) is 0 Å². The summed E-state index contributed by atoms with van der Waals surface area (Å²) in [5.74, 6) is 1.03. The van der Waals surface area contributed by atoms with Crippen molar-refractivity contribution in [2.75, 3.05) is 6.54 Å². The molecule has 19 heavy (non-hydrogen) atoms. The first-order valence-electron chi connectivity index (χ1n) is 7.28. The van der Waals surface area contributed by atoms with Gasteiger partial charge >= 0.3 is 0 Å². The summed E-state index contributed by atoms with van der Waals surface area (Å²) in [6.07, 6.45) is 6.47. The second-order valence-electron chi connectivity index (χ2n) is 5.52. The van der Waals surface area contributed by atoms with Gasteiger partial charge in [-0.2, -0.15) is 0 Å². The summed E-state index contributed by atoms with van der Waals surface area (Å²) in [5.41, 5.74) is 0.868. The fourth-order valence-corrected chi connectivity index (χ4v) is 2.28. The summed E-state index contributed by atoms with van der Waals surface area (Å²) < 4.78 is 0. The maximum Gasteiger partial charge on any atom is 0.138 e. The van der Waals surface area contributed by atoms with Crippen LogP contribution in [0.25, 0.3) is 0 Å². The largest absolute Gasteiger partial charge is 0.506 e. The lowest BCUT2D eigenvalue weighted by Crippen LogP contribution is -2.14. The minimum Gasteiger partial charge on any atom is -0.506 e. The molecular formula is C16H26ClNO. The molecule has 0 amide bonds. The Morgan fingerprint density at radius 3 is 2.63 bits per heavy atom. The predicted molar refractivity (Wildman–Crippen MR) is 82.7 cm³/mol. The van der Waals surface area contributed by atoms with Gasteiger partial charge in [-0.15, -0.1) is 0 Å². The Kier molecular flexibility index (Phi) is 7.92. The third-order valence-corrected chi connectivity index (χ3v) is 3.58. The van der Waals surface area contributed by atoms with Crippen molar-refractivity contribution in [1.82, 2.24) is 5.32 Å². The highest BCUT2D eigenvalue weighted by molar-refractivity contribution is 6.32. The predicted octanol–water partition coefficient (Wildman–Crippen LogP) is 4.74. The minimum atomic E-state index is 0.202. The number of hydrogen-bond acceptors (Lipinski definition) is 2. The monoisotopic (exact) mass is 283 g/mol. The molecule has 0 aliphatic heterocycles. The zero-order valence-corrected chi connectivity index (χ0v) is 12.8. The van der Waals surface area contributed by atoms with Crippen molar-refractivity contribution in [2.24, 2.45) is 5.92 Å². The van der Waals surface area contributed by atoms with Gasteiger partial charge in [0.15, 0.2) is 0 Å². The van der Waals surface area contributed by atoms with E-state index in [9.17, 15) is 5.11 Å². The van der Waals surface area contributed by atoms with Crippen LogP contribution in [0.2, 0.25) is 5.02 Å². The van der Waals surface area contributed by atoms with Crippen LogP contribution >= 0.6 is 11.6 Å². The summed E-state index contributed by atoms with van der Waals surface area (Å²) >= 11 is 5.86. The average Bonchev–Trinajstić information content (AvgIpc) is 2.37. The van der Waals surface area contributed by atoms with Crippen LogP contribution in [0.5, 0.6) is 5.75 Å². The Bertz CT molecular complexity index is 366. The molecule has 2 N–H and O–H groups in total. The van der Waals surface area contributed by atoms with Crippen molar-refractivity contribution < 1.29 is 5.11 Å². The van der Waals surface area contributed by atoms with Crippen molar-refractivity contribution in [3.8, 4) is 5.75 Å². The minimum absolute atomic E-state index is 0.202. The molecule has 0 saturated carbocycles. The van der Waals surface area contributed by atoms with E-state index in [1.165, 1.54) is 32.1 Å². The first kappa shape index (κ1) is 16.3. The summed E-state index contributed by atoms with van der Waals surface area (Å²) in [4.78, 5) is 0. The lowest BCUT2D eigenvalue weighted by molar-refractivity contribution is 0.463. The van der Waals surface area contributed by atoms with Crippen LogP contribution in [0.4, 0.5) is 0 Å². The molecule has 0 aliphatic carbocycles. The zero-order valence-electron chi connectivity index (χ0n) is 12.1. The molecule has 1 aromatic rings. The van der Waals surface area contributed by atoms with E-state index in [4.69, 9.17) is 11.6 Å². The highest BCUT2D eigenvalue weighted by Crippen LogP contribution is 2.26. The second-order valence-corrected chi connectivity index (χ2v) is 5.93. The van der Waals surface area contributed by atoms with Crippen molar-refractivity contribution >= 4 is 11.6 Å². The van der Waals surface area contributed by atoms with Gasteiger partial charge in [0.05, 0.1) is 5.02 Å². The van der Waals surface area contributed by atoms with Crippen molar-refractivity contribution in [3.05, 3.63) is 28.8 Å². The molecule has 1 aromatic carbocycles. The number of phenols is 1. The van der Waals surface area contributed by atoms with Gasteiger partial charge in [-0.25, -0.2) is 0 Å². The molecule has 1 rings (SSSR count). The van der Waals surface area contributed by atoms with E-state index in [-0.39, 0.29) is 5.75 Å². The molecule has 0 heterocycles. The quantitative estimate of drug-likeness (QED) is 0.642. The first-order chi connectivity index (χ1) is 9.11. The topological polar surface area (TPSA) is 32.3 Å². The SMILES string of the molecule is CC(C)CCCCCCNCc1cccc(Cl)c1O. The lowest BCUT2D eigenvalue weighted by Gasteiger charge is -2.08. The Morgan fingerprint density at radius 2 is 1.89 bits per heavy atom. The number of rotatable bonds is 9. The van der Waals surface area contributed by atoms with Crippen LogP contribution < -0.4 is 5.32 Å². The maximum absolute atomic E-state index is 9.75. The molecule has 0 aliphatic rings. The van der Waals surface area contributed by atoms with Gasteiger partial charge in [-0.1, -0.05) is 63.3 Å². The van der Waals surface area contributed by atoms with E-state index in [0.29, 0.717) is 11.6 Å². The van der Waals surface area contributed by atoms with Gasteiger partial charge in [0, 0.05) is 12.1 Å². The number of nitrogens with one attached hydrogen (secondary N) is 1. The molecule has 0 saturated heterocycles. The molecule has 2 nitrogen and oxygen atoms in total. The standard InChI is InChI=1S/C16H26ClNO/c1-13(2)8-5-3-4-6-11-18-12-14-9-7-10-15(17)16(14)19/h7,9-10,13,18-19H,3-6,8,11-12H2,1-2H3. The molecule has 0 spiro atoms. The molecule has 3 heteroatoms. The Hall–Kier alpha value is -0.730. The highest BCUT2D eigenvalue weighted by atomic mass is 35.5. The average molecular weight is 284 g/mol. The van der Waals surface area contributed by atoms with Gasteiger partial charge in [-0.05, 0) is 24.9 Å². The van der Waals surface area contributed by atoms with Gasteiger partial charge in [0.1, 0.15) is 5.75 Å². The van der Waals surface area contributed by atoms with E-state index in [0.717, 1.165) is 18.0 Å². The van der Waals surface area contributed by atoms with E-state index in [2.05, 4.69) is 19.2 Å².